The minimum atomic E-state index is -1.05. The van der Waals surface area contributed by atoms with Gasteiger partial charge in [0.2, 0.25) is 5.91 Å². The van der Waals surface area contributed by atoms with Gasteiger partial charge in [0, 0.05) is 6.42 Å². The Hall–Kier alpha value is -3.02. The summed E-state index contributed by atoms with van der Waals surface area (Å²) in [5.41, 5.74) is 1.48. The number of hydrogen-bond donors (Lipinski definition) is 2. The zero-order valence-electron chi connectivity index (χ0n) is 14.4. The van der Waals surface area contributed by atoms with E-state index in [9.17, 15) is 9.59 Å². The maximum absolute atomic E-state index is 12.4. The second-order valence-corrected chi connectivity index (χ2v) is 5.62. The summed E-state index contributed by atoms with van der Waals surface area (Å²) in [5.74, 6) is -0.245. The van der Waals surface area contributed by atoms with Crippen molar-refractivity contribution >= 4 is 17.6 Å². The standard InChI is InChI=1S/C19H21NO5/c1-12(14-6-4-5-7-16(14)24-2)10-18(21)20-15-9-8-13(19(22)23)11-17(15)25-3/h4-9,11-12H,10H2,1-3H3,(H,20,21)(H,22,23). The SMILES string of the molecule is COc1cc(C(=O)O)ccc1NC(=O)CC(C)c1ccccc1OC. The van der Waals surface area contributed by atoms with E-state index in [0.29, 0.717) is 11.4 Å². The lowest BCUT2D eigenvalue weighted by molar-refractivity contribution is -0.116. The minimum Gasteiger partial charge on any atom is -0.496 e. The van der Waals surface area contributed by atoms with E-state index in [0.717, 1.165) is 11.3 Å². The molecular formula is C19H21NO5. The van der Waals surface area contributed by atoms with E-state index < -0.39 is 5.97 Å². The van der Waals surface area contributed by atoms with Crippen LogP contribution in [0.4, 0.5) is 5.69 Å². The van der Waals surface area contributed by atoms with E-state index in [2.05, 4.69) is 5.32 Å². The minimum absolute atomic E-state index is 0.0413. The number of carbonyl (C=O) groups is 2. The third-order valence-electron chi connectivity index (χ3n) is 3.88. The van der Waals surface area contributed by atoms with Crippen LogP contribution in [0.5, 0.6) is 11.5 Å². The summed E-state index contributed by atoms with van der Waals surface area (Å²) in [6.45, 7) is 1.95. The molecule has 0 fully saturated rings. The normalized spacial score (nSPS) is 11.5. The first-order valence-electron chi connectivity index (χ1n) is 7.80. The summed E-state index contributed by atoms with van der Waals surface area (Å²) >= 11 is 0. The Balaban J connectivity index is 2.11. The Morgan fingerprint density at radius 2 is 1.76 bits per heavy atom. The molecule has 0 aliphatic carbocycles. The van der Waals surface area contributed by atoms with Gasteiger partial charge in [-0.05, 0) is 35.7 Å². The molecule has 0 spiro atoms. The molecule has 1 unspecified atom stereocenters. The molecule has 0 bridgehead atoms. The number of benzene rings is 2. The van der Waals surface area contributed by atoms with Crippen molar-refractivity contribution in [3.63, 3.8) is 0 Å². The molecule has 0 aliphatic heterocycles. The summed E-state index contributed by atoms with van der Waals surface area (Å²) < 4.78 is 10.5. The molecule has 2 aromatic rings. The number of anilines is 1. The topological polar surface area (TPSA) is 84.9 Å². The number of ether oxygens (including phenoxy) is 2. The number of carbonyl (C=O) groups excluding carboxylic acids is 1. The predicted octanol–water partition coefficient (Wildman–Crippen LogP) is 3.53. The van der Waals surface area contributed by atoms with Crippen LogP contribution < -0.4 is 14.8 Å². The van der Waals surface area contributed by atoms with Gasteiger partial charge in [0.1, 0.15) is 11.5 Å². The van der Waals surface area contributed by atoms with Gasteiger partial charge in [-0.15, -0.1) is 0 Å². The third-order valence-corrected chi connectivity index (χ3v) is 3.88. The molecule has 0 saturated heterocycles. The van der Waals surface area contributed by atoms with Gasteiger partial charge in [-0.3, -0.25) is 4.79 Å². The number of aromatic carboxylic acids is 1. The van der Waals surface area contributed by atoms with Crippen molar-refractivity contribution in [2.75, 3.05) is 19.5 Å². The summed E-state index contributed by atoms with van der Waals surface area (Å²) in [6, 6.07) is 11.9. The van der Waals surface area contributed by atoms with Gasteiger partial charge >= 0.3 is 5.97 Å². The van der Waals surface area contributed by atoms with Gasteiger partial charge in [0.25, 0.3) is 0 Å². The van der Waals surface area contributed by atoms with Crippen molar-refractivity contribution in [2.45, 2.75) is 19.3 Å². The predicted molar refractivity (Wildman–Crippen MR) is 94.6 cm³/mol. The maximum Gasteiger partial charge on any atom is 0.335 e. The van der Waals surface area contributed by atoms with Gasteiger partial charge < -0.3 is 19.9 Å². The number of rotatable bonds is 7. The number of carboxylic acids is 1. The average Bonchev–Trinajstić information content (AvgIpc) is 2.61. The van der Waals surface area contributed by atoms with Gasteiger partial charge in [-0.2, -0.15) is 0 Å². The number of hydrogen-bond acceptors (Lipinski definition) is 4. The van der Waals surface area contributed by atoms with E-state index in [1.54, 1.807) is 7.11 Å². The van der Waals surface area contributed by atoms with Gasteiger partial charge in [-0.25, -0.2) is 4.79 Å². The number of carboxylic acid groups (broad SMARTS) is 1. The molecule has 0 heterocycles. The summed E-state index contributed by atoms with van der Waals surface area (Å²) in [4.78, 5) is 23.4. The Morgan fingerprint density at radius 3 is 2.40 bits per heavy atom. The van der Waals surface area contributed by atoms with Crippen LogP contribution >= 0.6 is 0 Å². The Morgan fingerprint density at radius 1 is 1.08 bits per heavy atom. The van der Waals surface area contributed by atoms with E-state index in [1.807, 2.05) is 31.2 Å². The summed E-state index contributed by atoms with van der Waals surface area (Å²) in [7, 11) is 3.02. The van der Waals surface area contributed by atoms with E-state index in [1.165, 1.54) is 25.3 Å². The Bertz CT molecular complexity index is 772. The molecule has 1 atom stereocenters. The number of methoxy groups -OCH3 is 2. The molecular weight excluding hydrogens is 322 g/mol. The van der Waals surface area contributed by atoms with Crippen LogP contribution in [0.1, 0.15) is 35.2 Å². The molecule has 0 aromatic heterocycles. The highest BCUT2D eigenvalue weighted by molar-refractivity contribution is 5.94. The molecule has 25 heavy (non-hydrogen) atoms. The molecule has 2 N–H and O–H groups in total. The van der Waals surface area contributed by atoms with E-state index in [4.69, 9.17) is 14.6 Å². The zero-order chi connectivity index (χ0) is 18.4. The molecule has 6 nitrogen and oxygen atoms in total. The van der Waals surface area contributed by atoms with Crippen LogP contribution in [-0.4, -0.2) is 31.2 Å². The zero-order valence-corrected chi connectivity index (χ0v) is 14.4. The monoisotopic (exact) mass is 343 g/mol. The molecule has 0 radical (unpaired) electrons. The van der Waals surface area contributed by atoms with E-state index in [-0.39, 0.29) is 23.8 Å². The Kier molecular flexibility index (Phi) is 6.00. The Labute approximate surface area is 146 Å². The van der Waals surface area contributed by atoms with E-state index >= 15 is 0 Å². The van der Waals surface area contributed by atoms with Crippen LogP contribution in [0.15, 0.2) is 42.5 Å². The number of nitrogens with one attached hydrogen (secondary N) is 1. The smallest absolute Gasteiger partial charge is 0.335 e. The highest BCUT2D eigenvalue weighted by Gasteiger charge is 2.17. The summed E-state index contributed by atoms with van der Waals surface area (Å²) in [6.07, 6.45) is 0.254. The molecule has 132 valence electrons. The van der Waals surface area contributed by atoms with Crippen molar-refractivity contribution in [3.05, 3.63) is 53.6 Å². The van der Waals surface area contributed by atoms with Crippen molar-refractivity contribution in [3.8, 4) is 11.5 Å². The first-order chi connectivity index (χ1) is 12.0. The molecule has 2 aromatic carbocycles. The quantitative estimate of drug-likeness (QED) is 0.803. The lowest BCUT2D eigenvalue weighted by Crippen LogP contribution is -2.15. The molecule has 1 amide bonds. The third kappa shape index (κ3) is 4.50. The summed E-state index contributed by atoms with van der Waals surface area (Å²) in [5, 5.41) is 11.8. The maximum atomic E-state index is 12.4. The molecule has 6 heteroatoms. The van der Waals surface area contributed by atoms with Crippen LogP contribution in [-0.2, 0) is 4.79 Å². The first kappa shape index (κ1) is 18.3. The number of amides is 1. The first-order valence-corrected chi connectivity index (χ1v) is 7.80. The van der Waals surface area contributed by atoms with Crippen LogP contribution in [0.3, 0.4) is 0 Å². The lowest BCUT2D eigenvalue weighted by atomic mass is 9.96. The van der Waals surface area contributed by atoms with Crippen LogP contribution in [0.2, 0.25) is 0 Å². The van der Waals surface area contributed by atoms with Crippen molar-refractivity contribution < 1.29 is 24.2 Å². The highest BCUT2D eigenvalue weighted by Crippen LogP contribution is 2.30. The molecule has 0 saturated carbocycles. The average molecular weight is 343 g/mol. The van der Waals surface area contributed by atoms with Gasteiger partial charge in [-0.1, -0.05) is 25.1 Å². The van der Waals surface area contributed by atoms with Crippen molar-refractivity contribution in [1.29, 1.82) is 0 Å². The fourth-order valence-corrected chi connectivity index (χ4v) is 2.59. The second kappa shape index (κ2) is 8.19. The lowest BCUT2D eigenvalue weighted by Gasteiger charge is -2.16. The fraction of sp³-hybridized carbons (Fsp3) is 0.263. The largest absolute Gasteiger partial charge is 0.496 e. The highest BCUT2D eigenvalue weighted by atomic mass is 16.5. The second-order valence-electron chi connectivity index (χ2n) is 5.62. The van der Waals surface area contributed by atoms with Crippen LogP contribution in [0, 0.1) is 0 Å². The van der Waals surface area contributed by atoms with Crippen molar-refractivity contribution in [1.82, 2.24) is 0 Å². The van der Waals surface area contributed by atoms with Gasteiger partial charge in [0.05, 0.1) is 25.5 Å². The number of para-hydroxylation sites is 1. The van der Waals surface area contributed by atoms with Crippen LogP contribution in [0.25, 0.3) is 0 Å². The van der Waals surface area contributed by atoms with Crippen molar-refractivity contribution in [2.24, 2.45) is 0 Å². The molecule has 0 aliphatic rings. The fourth-order valence-electron chi connectivity index (χ4n) is 2.59. The molecule has 2 rings (SSSR count). The van der Waals surface area contributed by atoms with Gasteiger partial charge in [0.15, 0.2) is 0 Å².